The molecule has 31 heavy (non-hydrogen) atoms. The summed E-state index contributed by atoms with van der Waals surface area (Å²) in [4.78, 5) is 25.3. The lowest BCUT2D eigenvalue weighted by Crippen LogP contribution is -2.27. The number of nitrogens with zero attached hydrogens (tertiary/aromatic N) is 2. The van der Waals surface area contributed by atoms with Gasteiger partial charge in [0.15, 0.2) is 4.32 Å². The molecule has 0 bridgehead atoms. The lowest BCUT2D eigenvalue weighted by Gasteiger charge is -2.14. The van der Waals surface area contributed by atoms with Gasteiger partial charge in [0, 0.05) is 28.2 Å². The lowest BCUT2D eigenvalue weighted by atomic mass is 10.1. The van der Waals surface area contributed by atoms with Crippen molar-refractivity contribution < 1.29 is 18.9 Å². The van der Waals surface area contributed by atoms with Crippen molar-refractivity contribution >= 4 is 67.6 Å². The molecule has 2 heterocycles. The molecule has 1 aliphatic heterocycles. The molecule has 0 radical (unpaired) electrons. The van der Waals surface area contributed by atoms with E-state index in [9.17, 15) is 14.9 Å². The first-order valence-corrected chi connectivity index (χ1v) is 10.9. The Balaban J connectivity index is 1.58. The van der Waals surface area contributed by atoms with E-state index in [0.29, 0.717) is 42.2 Å². The molecule has 0 unspecified atom stereocenters. The summed E-state index contributed by atoms with van der Waals surface area (Å²) in [5.74, 6) is 1.43. The van der Waals surface area contributed by atoms with Gasteiger partial charge in [0.1, 0.15) is 17.3 Å². The number of nitro groups is 1. The van der Waals surface area contributed by atoms with E-state index in [1.54, 1.807) is 55.7 Å². The molecule has 1 aromatic heterocycles. The van der Waals surface area contributed by atoms with Gasteiger partial charge < -0.3 is 9.15 Å². The van der Waals surface area contributed by atoms with Crippen LogP contribution in [0.3, 0.4) is 0 Å². The summed E-state index contributed by atoms with van der Waals surface area (Å²) in [5.41, 5.74) is 1.29. The SMILES string of the molecule is COc1ccc(N2C(=O)/C(=C/c3ccc(-c4ccc([N+](=O)[O-])cc4Br)o3)SC2=S)cc1. The van der Waals surface area contributed by atoms with Crippen molar-refractivity contribution in [1.29, 1.82) is 0 Å². The third-order valence-corrected chi connectivity index (χ3v) is 6.41. The Morgan fingerprint density at radius 3 is 2.58 bits per heavy atom. The van der Waals surface area contributed by atoms with E-state index in [1.165, 1.54) is 28.8 Å². The minimum absolute atomic E-state index is 0.0235. The molecule has 7 nitrogen and oxygen atoms in total. The maximum atomic E-state index is 12.9. The number of ether oxygens (including phenoxy) is 1. The van der Waals surface area contributed by atoms with Gasteiger partial charge in [-0.15, -0.1) is 0 Å². The fraction of sp³-hybridized carbons (Fsp3) is 0.0476. The summed E-state index contributed by atoms with van der Waals surface area (Å²) in [5, 5.41) is 10.9. The number of carbonyl (C=O) groups excluding carboxylic acids is 1. The number of non-ortho nitro benzene ring substituents is 1. The lowest BCUT2D eigenvalue weighted by molar-refractivity contribution is -0.384. The average Bonchev–Trinajstić information content (AvgIpc) is 3.32. The zero-order valence-electron chi connectivity index (χ0n) is 15.9. The maximum absolute atomic E-state index is 12.9. The highest BCUT2D eigenvalue weighted by molar-refractivity contribution is 9.10. The van der Waals surface area contributed by atoms with Gasteiger partial charge in [-0.1, -0.05) is 24.0 Å². The topological polar surface area (TPSA) is 85.8 Å². The summed E-state index contributed by atoms with van der Waals surface area (Å²) in [7, 11) is 1.57. The number of hydrogen-bond donors (Lipinski definition) is 0. The Morgan fingerprint density at radius 1 is 1.19 bits per heavy atom. The molecule has 2 aromatic carbocycles. The number of rotatable bonds is 5. The normalized spacial score (nSPS) is 15.0. The number of carbonyl (C=O) groups is 1. The molecular weight excluding hydrogens is 504 g/mol. The van der Waals surface area contributed by atoms with Crippen molar-refractivity contribution in [2.45, 2.75) is 0 Å². The van der Waals surface area contributed by atoms with Crippen molar-refractivity contribution in [2.24, 2.45) is 0 Å². The van der Waals surface area contributed by atoms with Crippen LogP contribution in [0.1, 0.15) is 5.76 Å². The summed E-state index contributed by atoms with van der Waals surface area (Å²) in [6.07, 6.45) is 1.63. The zero-order valence-corrected chi connectivity index (χ0v) is 19.1. The highest BCUT2D eigenvalue weighted by Gasteiger charge is 2.33. The number of amides is 1. The van der Waals surface area contributed by atoms with Crippen LogP contribution in [0.2, 0.25) is 0 Å². The van der Waals surface area contributed by atoms with Crippen molar-refractivity contribution in [3.05, 3.63) is 79.8 Å². The van der Waals surface area contributed by atoms with Crippen LogP contribution in [0, 0.1) is 10.1 Å². The van der Waals surface area contributed by atoms with Crippen LogP contribution in [0.25, 0.3) is 17.4 Å². The van der Waals surface area contributed by atoms with Gasteiger partial charge in [0.05, 0.1) is 22.6 Å². The number of hydrogen-bond acceptors (Lipinski definition) is 7. The maximum Gasteiger partial charge on any atom is 0.270 e. The number of furan rings is 1. The van der Waals surface area contributed by atoms with Gasteiger partial charge in [0.2, 0.25) is 0 Å². The minimum atomic E-state index is -0.465. The van der Waals surface area contributed by atoms with Crippen LogP contribution in [0.4, 0.5) is 11.4 Å². The number of nitro benzene ring substituents is 1. The molecule has 0 aliphatic carbocycles. The Bertz CT molecular complexity index is 1240. The molecule has 0 atom stereocenters. The van der Waals surface area contributed by atoms with Gasteiger partial charge >= 0.3 is 0 Å². The van der Waals surface area contributed by atoms with Crippen LogP contribution in [-0.4, -0.2) is 22.3 Å². The number of anilines is 1. The highest BCUT2D eigenvalue weighted by Crippen LogP contribution is 2.38. The van der Waals surface area contributed by atoms with Crippen LogP contribution >= 0.6 is 39.9 Å². The fourth-order valence-electron chi connectivity index (χ4n) is 2.94. The summed E-state index contributed by atoms with van der Waals surface area (Å²) >= 11 is 9.92. The van der Waals surface area contributed by atoms with E-state index in [4.69, 9.17) is 21.4 Å². The number of halogens is 1. The predicted molar refractivity (Wildman–Crippen MR) is 127 cm³/mol. The first-order valence-electron chi connectivity index (χ1n) is 8.83. The molecular formula is C21H13BrN2O5S2. The number of thioether (sulfide) groups is 1. The summed E-state index contributed by atoms with van der Waals surface area (Å²) in [6, 6.07) is 14.9. The minimum Gasteiger partial charge on any atom is -0.497 e. The Hall–Kier alpha value is -2.95. The van der Waals surface area contributed by atoms with E-state index >= 15 is 0 Å². The van der Waals surface area contributed by atoms with Crippen molar-refractivity contribution in [1.82, 2.24) is 0 Å². The fourth-order valence-corrected chi connectivity index (χ4v) is 4.78. The Labute approximate surface area is 195 Å². The molecule has 1 saturated heterocycles. The van der Waals surface area contributed by atoms with Crippen molar-refractivity contribution in [2.75, 3.05) is 12.0 Å². The predicted octanol–water partition coefficient (Wildman–Crippen LogP) is 6.03. The van der Waals surface area contributed by atoms with E-state index < -0.39 is 4.92 Å². The third-order valence-electron chi connectivity index (χ3n) is 4.45. The molecule has 0 saturated carbocycles. The second kappa shape index (κ2) is 8.66. The number of thiocarbonyl (C=S) groups is 1. The number of benzene rings is 2. The van der Waals surface area contributed by atoms with E-state index in [-0.39, 0.29) is 11.6 Å². The standard InChI is InChI=1S/C21H13BrN2O5S2/c1-28-14-5-2-12(3-6-14)23-20(25)19(31-21(23)30)11-15-7-9-18(29-15)16-8-4-13(24(26)27)10-17(16)22/h2-11H,1H3/b19-11-. The third kappa shape index (κ3) is 4.27. The van der Waals surface area contributed by atoms with Crippen LogP contribution in [0.5, 0.6) is 5.75 Å². The molecule has 1 aliphatic rings. The van der Waals surface area contributed by atoms with Crippen molar-refractivity contribution in [3.63, 3.8) is 0 Å². The average molecular weight is 517 g/mol. The van der Waals surface area contributed by atoms with E-state index in [1.807, 2.05) is 0 Å². The zero-order chi connectivity index (χ0) is 22.1. The summed E-state index contributed by atoms with van der Waals surface area (Å²) < 4.78 is 12.0. The smallest absolute Gasteiger partial charge is 0.270 e. The molecule has 4 rings (SSSR count). The molecule has 0 spiro atoms. The van der Waals surface area contributed by atoms with Crippen LogP contribution in [-0.2, 0) is 4.79 Å². The quantitative estimate of drug-likeness (QED) is 0.177. The van der Waals surface area contributed by atoms with E-state index in [2.05, 4.69) is 15.9 Å². The van der Waals surface area contributed by atoms with Crippen LogP contribution in [0.15, 0.2) is 68.4 Å². The Morgan fingerprint density at radius 2 is 1.94 bits per heavy atom. The van der Waals surface area contributed by atoms with Gasteiger partial charge in [-0.3, -0.25) is 19.8 Å². The monoisotopic (exact) mass is 516 g/mol. The van der Waals surface area contributed by atoms with Crippen molar-refractivity contribution in [3.8, 4) is 17.1 Å². The molecule has 1 amide bonds. The Kier molecular flexibility index (Phi) is 5.94. The second-order valence-electron chi connectivity index (χ2n) is 6.34. The molecule has 3 aromatic rings. The first-order chi connectivity index (χ1) is 14.9. The second-order valence-corrected chi connectivity index (χ2v) is 8.87. The van der Waals surface area contributed by atoms with Gasteiger partial charge in [-0.25, -0.2) is 0 Å². The highest BCUT2D eigenvalue weighted by atomic mass is 79.9. The molecule has 0 N–H and O–H groups in total. The number of methoxy groups -OCH3 is 1. The molecule has 1 fully saturated rings. The molecule has 156 valence electrons. The summed E-state index contributed by atoms with van der Waals surface area (Å²) in [6.45, 7) is 0. The van der Waals surface area contributed by atoms with Gasteiger partial charge in [-0.2, -0.15) is 0 Å². The van der Waals surface area contributed by atoms with Gasteiger partial charge in [-0.05, 0) is 58.4 Å². The van der Waals surface area contributed by atoms with Crippen LogP contribution < -0.4 is 9.64 Å². The van der Waals surface area contributed by atoms with Gasteiger partial charge in [0.25, 0.3) is 11.6 Å². The first kappa shape index (κ1) is 21.3. The molecule has 10 heteroatoms. The largest absolute Gasteiger partial charge is 0.497 e. The van der Waals surface area contributed by atoms with E-state index in [0.717, 1.165) is 0 Å².